The zero-order chi connectivity index (χ0) is 15.4. The van der Waals surface area contributed by atoms with Crippen LogP contribution in [0.2, 0.25) is 5.02 Å². The third kappa shape index (κ3) is 4.44. The summed E-state index contributed by atoms with van der Waals surface area (Å²) in [5.74, 6) is -2.14. The molecule has 2 aromatic carbocycles. The third-order valence-corrected chi connectivity index (χ3v) is 3.84. The van der Waals surface area contributed by atoms with Gasteiger partial charge in [-0.05, 0) is 42.8 Å². The molecule has 6 heteroatoms. The Balaban J connectivity index is 1.95. The second-order valence-corrected chi connectivity index (χ2v) is 5.73. The molecular formula is C15H11ClF2O2S. The highest BCUT2D eigenvalue weighted by Crippen LogP contribution is 2.26. The van der Waals surface area contributed by atoms with Crippen LogP contribution in [0.3, 0.4) is 0 Å². The van der Waals surface area contributed by atoms with Gasteiger partial charge >= 0.3 is 5.97 Å². The largest absolute Gasteiger partial charge is 0.424 e. The predicted octanol–water partition coefficient (Wildman–Crippen LogP) is 4.62. The van der Waals surface area contributed by atoms with Crippen LogP contribution in [0.1, 0.15) is 5.56 Å². The van der Waals surface area contributed by atoms with Gasteiger partial charge in [0.25, 0.3) is 0 Å². The van der Waals surface area contributed by atoms with E-state index < -0.39 is 17.6 Å². The van der Waals surface area contributed by atoms with E-state index in [1.54, 1.807) is 18.2 Å². The number of benzene rings is 2. The van der Waals surface area contributed by atoms with E-state index >= 15 is 0 Å². The Hall–Kier alpha value is -1.59. The van der Waals surface area contributed by atoms with E-state index in [1.807, 2.05) is 6.92 Å². The maximum Gasteiger partial charge on any atom is 0.321 e. The van der Waals surface area contributed by atoms with Crippen molar-refractivity contribution >= 4 is 29.3 Å². The number of thioether (sulfide) groups is 1. The van der Waals surface area contributed by atoms with Gasteiger partial charge in [0.15, 0.2) is 11.6 Å². The molecule has 0 atom stereocenters. The molecule has 0 spiro atoms. The summed E-state index contributed by atoms with van der Waals surface area (Å²) in [5.41, 5.74) is 0.912. The molecule has 0 heterocycles. The van der Waals surface area contributed by atoms with Crippen LogP contribution in [0.4, 0.5) is 8.78 Å². The smallest absolute Gasteiger partial charge is 0.321 e. The van der Waals surface area contributed by atoms with Gasteiger partial charge in [-0.3, -0.25) is 4.79 Å². The second-order valence-electron chi connectivity index (χ2n) is 4.27. The fourth-order valence-electron chi connectivity index (χ4n) is 1.55. The number of rotatable bonds is 4. The maximum absolute atomic E-state index is 13.0. The van der Waals surface area contributed by atoms with Gasteiger partial charge in [-0.15, -0.1) is 11.8 Å². The van der Waals surface area contributed by atoms with Crippen LogP contribution in [-0.2, 0) is 4.79 Å². The van der Waals surface area contributed by atoms with E-state index in [-0.39, 0.29) is 11.5 Å². The fourth-order valence-corrected chi connectivity index (χ4v) is 2.40. The molecule has 2 aromatic rings. The molecule has 0 aliphatic carbocycles. The molecule has 0 saturated heterocycles. The third-order valence-electron chi connectivity index (χ3n) is 2.56. The molecule has 110 valence electrons. The molecule has 0 aliphatic heterocycles. The van der Waals surface area contributed by atoms with Crippen molar-refractivity contribution in [3.63, 3.8) is 0 Å². The van der Waals surface area contributed by atoms with Gasteiger partial charge in [-0.1, -0.05) is 17.7 Å². The average molecular weight is 329 g/mol. The van der Waals surface area contributed by atoms with Gasteiger partial charge in [-0.2, -0.15) is 0 Å². The van der Waals surface area contributed by atoms with Gasteiger partial charge < -0.3 is 4.74 Å². The minimum Gasteiger partial charge on any atom is -0.424 e. The Morgan fingerprint density at radius 2 is 1.95 bits per heavy atom. The van der Waals surface area contributed by atoms with Crippen molar-refractivity contribution in [2.75, 3.05) is 5.75 Å². The lowest BCUT2D eigenvalue weighted by Gasteiger charge is -2.07. The van der Waals surface area contributed by atoms with Crippen molar-refractivity contribution in [1.82, 2.24) is 0 Å². The van der Waals surface area contributed by atoms with E-state index in [0.717, 1.165) is 29.5 Å². The molecule has 0 fully saturated rings. The highest BCUT2D eigenvalue weighted by Gasteiger charge is 2.10. The Kier molecular flexibility index (Phi) is 5.20. The number of hydrogen-bond donors (Lipinski definition) is 0. The molecule has 0 amide bonds. The summed E-state index contributed by atoms with van der Waals surface area (Å²) in [6, 6.07) is 8.55. The van der Waals surface area contributed by atoms with E-state index in [2.05, 4.69) is 0 Å². The summed E-state index contributed by atoms with van der Waals surface area (Å²) in [4.78, 5) is 12.2. The summed E-state index contributed by atoms with van der Waals surface area (Å²) in [6.07, 6.45) is 0. The molecule has 21 heavy (non-hydrogen) atoms. The minimum atomic E-state index is -0.949. The highest BCUT2D eigenvalue weighted by atomic mass is 35.5. The van der Waals surface area contributed by atoms with E-state index in [1.165, 1.54) is 6.07 Å². The van der Waals surface area contributed by atoms with Gasteiger partial charge in [0.05, 0.1) is 10.8 Å². The van der Waals surface area contributed by atoms with Crippen LogP contribution in [0, 0.1) is 18.6 Å². The first kappa shape index (κ1) is 15.8. The zero-order valence-electron chi connectivity index (χ0n) is 11.0. The van der Waals surface area contributed by atoms with Gasteiger partial charge in [-0.25, -0.2) is 8.78 Å². The molecule has 0 N–H and O–H groups in total. The molecule has 0 bridgehead atoms. The second kappa shape index (κ2) is 6.91. The van der Waals surface area contributed by atoms with Crippen LogP contribution >= 0.6 is 23.4 Å². The molecule has 0 unspecified atom stereocenters. The van der Waals surface area contributed by atoms with Crippen molar-refractivity contribution in [1.29, 1.82) is 0 Å². The highest BCUT2D eigenvalue weighted by molar-refractivity contribution is 8.00. The zero-order valence-corrected chi connectivity index (χ0v) is 12.6. The predicted molar refractivity (Wildman–Crippen MR) is 78.9 cm³/mol. The number of carbonyl (C=O) groups excluding carboxylic acids is 1. The Labute approximate surface area is 130 Å². The van der Waals surface area contributed by atoms with Crippen molar-refractivity contribution in [2.24, 2.45) is 0 Å². The maximum atomic E-state index is 13.0. The minimum absolute atomic E-state index is 0.0324. The number of ether oxygens (including phenoxy) is 1. The summed E-state index contributed by atoms with van der Waals surface area (Å²) in [7, 11) is 0. The number of hydrogen-bond acceptors (Lipinski definition) is 3. The van der Waals surface area contributed by atoms with E-state index in [0.29, 0.717) is 9.92 Å². The molecule has 0 radical (unpaired) electrons. The quantitative estimate of drug-likeness (QED) is 0.465. The number of aryl methyl sites for hydroxylation is 1. The Morgan fingerprint density at radius 3 is 2.67 bits per heavy atom. The van der Waals surface area contributed by atoms with Crippen LogP contribution in [-0.4, -0.2) is 11.7 Å². The molecule has 0 aromatic heterocycles. The first-order valence-corrected chi connectivity index (χ1v) is 7.37. The molecule has 2 nitrogen and oxygen atoms in total. The normalized spacial score (nSPS) is 10.5. The summed E-state index contributed by atoms with van der Waals surface area (Å²) < 4.78 is 30.9. The lowest BCUT2D eigenvalue weighted by Crippen LogP contribution is -2.11. The molecule has 2 rings (SSSR count). The van der Waals surface area contributed by atoms with Crippen molar-refractivity contribution < 1.29 is 18.3 Å². The SMILES string of the molecule is Cc1ccc(Cl)c(OC(=O)CSc2ccc(F)c(F)c2)c1. The summed E-state index contributed by atoms with van der Waals surface area (Å²) in [5, 5.41) is 0.340. The number of carbonyl (C=O) groups is 1. The van der Waals surface area contributed by atoms with Crippen LogP contribution in [0.15, 0.2) is 41.3 Å². The Morgan fingerprint density at radius 1 is 1.19 bits per heavy atom. The van der Waals surface area contributed by atoms with E-state index in [4.69, 9.17) is 16.3 Å². The van der Waals surface area contributed by atoms with Gasteiger partial charge in [0, 0.05) is 4.90 Å². The monoisotopic (exact) mass is 328 g/mol. The van der Waals surface area contributed by atoms with E-state index in [9.17, 15) is 13.6 Å². The molecule has 0 aliphatic rings. The first-order valence-electron chi connectivity index (χ1n) is 6.00. The standard InChI is InChI=1S/C15H11ClF2O2S/c1-9-2-4-11(16)14(6-9)20-15(19)8-21-10-3-5-12(17)13(18)7-10/h2-7H,8H2,1H3. The average Bonchev–Trinajstić information content (AvgIpc) is 2.44. The fraction of sp³-hybridized carbons (Fsp3) is 0.133. The number of esters is 1. The van der Waals surface area contributed by atoms with Crippen molar-refractivity contribution in [3.05, 3.63) is 58.6 Å². The molecule has 0 saturated carbocycles. The first-order chi connectivity index (χ1) is 9.95. The number of halogens is 3. The van der Waals surface area contributed by atoms with Crippen molar-refractivity contribution in [3.8, 4) is 5.75 Å². The lowest BCUT2D eigenvalue weighted by atomic mass is 10.2. The van der Waals surface area contributed by atoms with Crippen LogP contribution in [0.5, 0.6) is 5.75 Å². The van der Waals surface area contributed by atoms with Crippen LogP contribution in [0.25, 0.3) is 0 Å². The lowest BCUT2D eigenvalue weighted by molar-refractivity contribution is -0.131. The molecular weight excluding hydrogens is 318 g/mol. The van der Waals surface area contributed by atoms with Gasteiger partial charge in [0.2, 0.25) is 0 Å². The summed E-state index contributed by atoms with van der Waals surface area (Å²) >= 11 is 6.98. The van der Waals surface area contributed by atoms with Crippen LogP contribution < -0.4 is 4.74 Å². The Bertz CT molecular complexity index is 677. The topological polar surface area (TPSA) is 26.3 Å². The van der Waals surface area contributed by atoms with Crippen molar-refractivity contribution in [2.45, 2.75) is 11.8 Å². The summed E-state index contributed by atoms with van der Waals surface area (Å²) in [6.45, 7) is 1.85. The van der Waals surface area contributed by atoms with Gasteiger partial charge in [0.1, 0.15) is 5.75 Å².